The number of rotatable bonds is 8. The molecule has 35 heavy (non-hydrogen) atoms. The molecule has 1 fully saturated rings. The van der Waals surface area contributed by atoms with Gasteiger partial charge >= 0.3 is 0 Å². The van der Waals surface area contributed by atoms with Crippen LogP contribution in [0.15, 0.2) is 45.8 Å². The van der Waals surface area contributed by atoms with Crippen LogP contribution in [0, 0.1) is 0 Å². The molecule has 0 bridgehead atoms. The Hall–Kier alpha value is -3.70. The van der Waals surface area contributed by atoms with Gasteiger partial charge in [-0.05, 0) is 47.5 Å². The van der Waals surface area contributed by atoms with Crippen molar-refractivity contribution in [2.75, 3.05) is 26.4 Å². The van der Waals surface area contributed by atoms with Gasteiger partial charge in [0.1, 0.15) is 25.5 Å². The number of ether oxygens (including phenoxy) is 3. The first-order chi connectivity index (χ1) is 17.2. The van der Waals surface area contributed by atoms with Crippen molar-refractivity contribution in [3.05, 3.63) is 64.1 Å². The molecule has 1 N–H and O–H groups in total. The van der Waals surface area contributed by atoms with Crippen LogP contribution in [-0.2, 0) is 24.4 Å². The van der Waals surface area contributed by atoms with E-state index in [9.17, 15) is 4.79 Å². The van der Waals surface area contributed by atoms with Crippen LogP contribution in [0.4, 0.5) is 0 Å². The number of aromatic nitrogens is 5. The monoisotopic (exact) mass is 478 g/mol. The predicted octanol–water partition coefficient (Wildman–Crippen LogP) is 2.11. The van der Waals surface area contributed by atoms with Crippen molar-refractivity contribution in [2.45, 2.75) is 38.6 Å². The first-order valence-electron chi connectivity index (χ1n) is 11.8. The topological polar surface area (TPSA) is 121 Å². The molecular weight excluding hydrogens is 452 g/mol. The molecule has 11 nitrogen and oxygen atoms in total. The van der Waals surface area contributed by atoms with Crippen LogP contribution in [0.1, 0.15) is 30.0 Å². The highest BCUT2D eigenvalue weighted by Gasteiger charge is 2.23. The van der Waals surface area contributed by atoms with Crippen LogP contribution in [0.2, 0.25) is 0 Å². The normalized spacial score (nSPS) is 17.5. The van der Waals surface area contributed by atoms with Gasteiger partial charge in [0.05, 0.1) is 24.4 Å². The van der Waals surface area contributed by atoms with Gasteiger partial charge < -0.3 is 23.6 Å². The number of nitrogens with zero attached hydrogens (tertiary/aromatic N) is 5. The van der Waals surface area contributed by atoms with Crippen molar-refractivity contribution in [3.63, 3.8) is 0 Å². The molecule has 0 amide bonds. The van der Waals surface area contributed by atoms with E-state index in [1.807, 2.05) is 30.3 Å². The number of H-pyrrole nitrogens is 1. The Morgan fingerprint density at radius 3 is 2.80 bits per heavy atom. The fourth-order valence-electron chi connectivity index (χ4n) is 4.62. The van der Waals surface area contributed by atoms with E-state index >= 15 is 0 Å². The molecule has 1 aromatic carbocycles. The van der Waals surface area contributed by atoms with Crippen LogP contribution >= 0.6 is 0 Å². The molecule has 11 heteroatoms. The zero-order valence-electron chi connectivity index (χ0n) is 19.2. The van der Waals surface area contributed by atoms with E-state index in [4.69, 9.17) is 18.6 Å². The highest BCUT2D eigenvalue weighted by molar-refractivity contribution is 5.83. The van der Waals surface area contributed by atoms with Crippen molar-refractivity contribution < 1.29 is 18.6 Å². The van der Waals surface area contributed by atoms with Gasteiger partial charge in [0, 0.05) is 36.7 Å². The lowest BCUT2D eigenvalue weighted by Crippen LogP contribution is -2.34. The third-order valence-electron chi connectivity index (χ3n) is 6.32. The third kappa shape index (κ3) is 4.77. The summed E-state index contributed by atoms with van der Waals surface area (Å²) in [5.41, 5.74) is 1.23. The highest BCUT2D eigenvalue weighted by Crippen LogP contribution is 2.33. The third-order valence-corrected chi connectivity index (χ3v) is 6.32. The maximum atomic E-state index is 13.0. The summed E-state index contributed by atoms with van der Waals surface area (Å²) in [6.07, 6.45) is 3.77. The number of benzene rings is 1. The van der Waals surface area contributed by atoms with Crippen molar-refractivity contribution >= 4 is 10.9 Å². The summed E-state index contributed by atoms with van der Waals surface area (Å²) in [5.74, 6) is 2.80. The second-order valence-corrected chi connectivity index (χ2v) is 8.84. The molecule has 182 valence electrons. The number of aromatic amines is 1. The molecule has 4 aromatic rings. The van der Waals surface area contributed by atoms with Gasteiger partial charge in [0.2, 0.25) is 0 Å². The van der Waals surface area contributed by atoms with E-state index < -0.39 is 0 Å². The SMILES string of the molecule is O=c1[nH]c2cc3c(cc2cc1CN(Cc1nnnn1Cc1ccco1)C[C@@H]1CCCO1)OCCO3. The molecule has 1 saturated heterocycles. The van der Waals surface area contributed by atoms with Gasteiger partial charge in [-0.1, -0.05) is 0 Å². The average molecular weight is 479 g/mol. The Kier molecular flexibility index (Phi) is 5.93. The Balaban J connectivity index is 1.27. The Bertz CT molecular complexity index is 1360. The first-order valence-corrected chi connectivity index (χ1v) is 11.8. The molecular formula is C24H26N6O5. The minimum Gasteiger partial charge on any atom is -0.486 e. The Labute approximate surface area is 200 Å². The molecule has 6 rings (SSSR count). The van der Waals surface area contributed by atoms with Crippen molar-refractivity contribution in [2.24, 2.45) is 0 Å². The van der Waals surface area contributed by atoms with Gasteiger partial charge in [-0.25, -0.2) is 4.68 Å². The second-order valence-electron chi connectivity index (χ2n) is 8.84. The minimum atomic E-state index is -0.137. The number of nitrogens with one attached hydrogen (secondary N) is 1. The molecule has 0 spiro atoms. The van der Waals surface area contributed by atoms with E-state index in [0.29, 0.717) is 62.3 Å². The lowest BCUT2D eigenvalue weighted by molar-refractivity contribution is 0.0663. The summed E-state index contributed by atoms with van der Waals surface area (Å²) in [6.45, 7) is 3.77. The fraction of sp³-hybridized carbons (Fsp3) is 0.417. The molecule has 5 heterocycles. The number of tetrazole rings is 1. The molecule has 2 aliphatic heterocycles. The van der Waals surface area contributed by atoms with E-state index in [2.05, 4.69) is 25.4 Å². The van der Waals surface area contributed by atoms with Crippen LogP contribution < -0.4 is 15.0 Å². The van der Waals surface area contributed by atoms with Crippen LogP contribution in [0.3, 0.4) is 0 Å². The van der Waals surface area contributed by atoms with Crippen LogP contribution in [0.5, 0.6) is 11.5 Å². The largest absolute Gasteiger partial charge is 0.486 e. The standard InChI is InChI=1S/C24H26N6O5/c31-24-17(9-16-10-21-22(11-20(16)25-24)35-8-7-34-21)12-29(13-18-3-1-5-32-18)15-23-26-27-28-30(23)14-19-4-2-6-33-19/h2,4,6,9-11,18H,1,3,5,7-8,12-15H2,(H,25,31)/t18-/m0/s1. The molecule has 3 aromatic heterocycles. The summed E-state index contributed by atoms with van der Waals surface area (Å²) in [6, 6.07) is 9.38. The summed E-state index contributed by atoms with van der Waals surface area (Å²) < 4.78 is 24.4. The molecule has 0 radical (unpaired) electrons. The smallest absolute Gasteiger partial charge is 0.252 e. The van der Waals surface area contributed by atoms with E-state index in [-0.39, 0.29) is 11.7 Å². The highest BCUT2D eigenvalue weighted by atomic mass is 16.6. The van der Waals surface area contributed by atoms with E-state index in [1.54, 1.807) is 10.9 Å². The summed E-state index contributed by atoms with van der Waals surface area (Å²) in [4.78, 5) is 18.2. The lowest BCUT2D eigenvalue weighted by atomic mass is 10.1. The number of furan rings is 1. The summed E-state index contributed by atoms with van der Waals surface area (Å²) >= 11 is 0. The number of fused-ring (bicyclic) bond motifs is 2. The van der Waals surface area contributed by atoms with E-state index in [1.165, 1.54) is 0 Å². The number of pyridine rings is 1. The predicted molar refractivity (Wildman–Crippen MR) is 124 cm³/mol. The molecule has 1 atom stereocenters. The molecule has 0 unspecified atom stereocenters. The van der Waals surface area contributed by atoms with Gasteiger partial charge in [-0.2, -0.15) is 0 Å². The summed E-state index contributed by atoms with van der Waals surface area (Å²) in [7, 11) is 0. The number of hydrogen-bond acceptors (Lipinski definition) is 9. The van der Waals surface area contributed by atoms with Crippen molar-refractivity contribution in [3.8, 4) is 11.5 Å². The first kappa shape index (κ1) is 21.8. The van der Waals surface area contributed by atoms with Gasteiger partial charge in [0.25, 0.3) is 5.56 Å². The summed E-state index contributed by atoms with van der Waals surface area (Å²) in [5, 5.41) is 13.1. The number of hydrogen-bond donors (Lipinski definition) is 1. The quantitative estimate of drug-likeness (QED) is 0.406. The van der Waals surface area contributed by atoms with E-state index in [0.717, 1.165) is 36.1 Å². The Morgan fingerprint density at radius 1 is 1.11 bits per heavy atom. The molecule has 0 saturated carbocycles. The van der Waals surface area contributed by atoms with Crippen molar-refractivity contribution in [1.82, 2.24) is 30.1 Å². The van der Waals surface area contributed by atoms with Crippen LogP contribution in [-0.4, -0.2) is 62.6 Å². The zero-order valence-corrected chi connectivity index (χ0v) is 19.2. The fourth-order valence-corrected chi connectivity index (χ4v) is 4.62. The van der Waals surface area contributed by atoms with Crippen LogP contribution in [0.25, 0.3) is 10.9 Å². The minimum absolute atomic E-state index is 0.113. The maximum Gasteiger partial charge on any atom is 0.252 e. The maximum absolute atomic E-state index is 13.0. The average Bonchev–Trinajstić information content (AvgIpc) is 3.63. The van der Waals surface area contributed by atoms with Gasteiger partial charge in [-0.15, -0.1) is 5.10 Å². The van der Waals surface area contributed by atoms with Crippen molar-refractivity contribution in [1.29, 1.82) is 0 Å². The van der Waals surface area contributed by atoms with Gasteiger partial charge in [-0.3, -0.25) is 9.69 Å². The second kappa shape index (κ2) is 9.51. The molecule has 2 aliphatic rings. The molecule has 0 aliphatic carbocycles. The van der Waals surface area contributed by atoms with Gasteiger partial charge in [0.15, 0.2) is 17.3 Å². The Morgan fingerprint density at radius 2 is 2.00 bits per heavy atom. The zero-order chi connectivity index (χ0) is 23.6. The lowest BCUT2D eigenvalue weighted by Gasteiger charge is -2.24.